The second-order valence-electron chi connectivity index (χ2n) is 7.97. The van der Waals surface area contributed by atoms with Crippen LogP contribution in [0.1, 0.15) is 20.7 Å². The number of carboxylic acid groups (broad SMARTS) is 2. The zero-order chi connectivity index (χ0) is 28.7. The van der Waals surface area contributed by atoms with E-state index in [1.807, 2.05) is 12.1 Å². The first-order valence-electron chi connectivity index (χ1n) is 11.9. The van der Waals surface area contributed by atoms with Gasteiger partial charge in [-0.1, -0.05) is 72.8 Å². The van der Waals surface area contributed by atoms with Crippen LogP contribution in [0.4, 0.5) is 11.4 Å². The number of anilines is 2. The summed E-state index contributed by atoms with van der Waals surface area (Å²) in [4.78, 5) is 45.2. The van der Waals surface area contributed by atoms with Crippen LogP contribution in [-0.4, -0.2) is 37.0 Å². The summed E-state index contributed by atoms with van der Waals surface area (Å²) in [6.45, 7) is -0.406. The van der Waals surface area contributed by atoms with Gasteiger partial charge in [-0.25, -0.2) is 0 Å². The summed E-state index contributed by atoms with van der Waals surface area (Å²) in [5.41, 5.74) is 0.240. The van der Waals surface area contributed by atoms with E-state index in [9.17, 15) is 29.4 Å². The summed E-state index contributed by atoms with van der Waals surface area (Å²) in [6.07, 6.45) is 0. The van der Waals surface area contributed by atoms with Crippen molar-refractivity contribution in [3.05, 3.63) is 120 Å². The van der Waals surface area contributed by atoms with Gasteiger partial charge in [-0.2, -0.15) is 0 Å². The van der Waals surface area contributed by atoms with Crippen LogP contribution in [0, 0.1) is 0 Å². The van der Waals surface area contributed by atoms with E-state index in [2.05, 4.69) is 10.6 Å². The Kier molecular flexibility index (Phi) is 13.2. The van der Waals surface area contributed by atoms with E-state index < -0.39 is 23.8 Å². The van der Waals surface area contributed by atoms with Crippen LogP contribution < -0.4 is 30.3 Å². The van der Waals surface area contributed by atoms with Gasteiger partial charge < -0.3 is 39.9 Å². The number of hydrogen-bond donors (Lipinski definition) is 2. The molecule has 2 N–H and O–H groups in total. The number of carboxylic acids is 2. The maximum absolute atomic E-state index is 11.7. The summed E-state index contributed by atoms with van der Waals surface area (Å²) in [6, 6.07) is 29.8. The van der Waals surface area contributed by atoms with Crippen LogP contribution in [0.3, 0.4) is 0 Å². The minimum atomic E-state index is -1.34. The number of para-hydroxylation sites is 4. The molecule has 10 nitrogen and oxygen atoms in total. The molecule has 0 saturated heterocycles. The van der Waals surface area contributed by atoms with Gasteiger partial charge in [0.1, 0.15) is 11.5 Å². The van der Waals surface area contributed by atoms with Crippen molar-refractivity contribution in [2.24, 2.45) is 0 Å². The quantitative estimate of drug-likeness (QED) is 0.260. The largest absolute Gasteiger partial charge is 2.00 e. The van der Waals surface area contributed by atoms with Gasteiger partial charge in [0.2, 0.25) is 0 Å². The van der Waals surface area contributed by atoms with E-state index in [4.69, 9.17) is 9.47 Å². The van der Waals surface area contributed by atoms with E-state index in [0.29, 0.717) is 11.5 Å². The van der Waals surface area contributed by atoms with Crippen molar-refractivity contribution < 1.29 is 58.3 Å². The van der Waals surface area contributed by atoms with Crippen LogP contribution in [-0.2, 0) is 29.1 Å². The summed E-state index contributed by atoms with van der Waals surface area (Å²) in [5, 5.41) is 26.7. The second kappa shape index (κ2) is 16.8. The molecular weight excluding hydrogens is 582 g/mol. The van der Waals surface area contributed by atoms with Crippen molar-refractivity contribution in [2.75, 3.05) is 23.8 Å². The molecule has 0 radical (unpaired) electrons. The maximum Gasteiger partial charge on any atom is 2.00 e. The van der Waals surface area contributed by atoms with Crippen molar-refractivity contribution >= 4 is 35.1 Å². The van der Waals surface area contributed by atoms with Gasteiger partial charge in [0.05, 0.1) is 11.9 Å². The molecule has 0 atom stereocenters. The first kappa shape index (κ1) is 32.2. The zero-order valence-electron chi connectivity index (χ0n) is 21.8. The van der Waals surface area contributed by atoms with Crippen LogP contribution in [0.2, 0.25) is 0 Å². The number of ether oxygens (including phenoxy) is 2. The average Bonchev–Trinajstić information content (AvgIpc) is 2.97. The van der Waals surface area contributed by atoms with Gasteiger partial charge in [-0.3, -0.25) is 9.59 Å². The first-order valence-corrected chi connectivity index (χ1v) is 11.9. The molecule has 0 aliphatic carbocycles. The fourth-order valence-corrected chi connectivity index (χ4v) is 3.24. The Morgan fingerprint density at radius 2 is 0.829 bits per heavy atom. The molecule has 0 bridgehead atoms. The molecule has 0 aliphatic rings. The van der Waals surface area contributed by atoms with E-state index in [1.54, 1.807) is 72.8 Å². The Bertz CT molecular complexity index is 1340. The molecule has 0 unspecified atom stereocenters. The number of nitrogens with one attached hydrogen (secondary N) is 2. The maximum atomic E-state index is 11.7. The average molecular weight is 606 g/mol. The fraction of sp³-hybridized carbons (Fsp3) is 0.0667. The predicted molar refractivity (Wildman–Crippen MR) is 143 cm³/mol. The summed E-state index contributed by atoms with van der Waals surface area (Å²) in [5.74, 6) is -2.44. The van der Waals surface area contributed by atoms with Gasteiger partial charge in [-0.15, -0.1) is 0 Å². The van der Waals surface area contributed by atoms with E-state index in [0.717, 1.165) is 0 Å². The van der Waals surface area contributed by atoms with Gasteiger partial charge in [0, 0.05) is 22.5 Å². The van der Waals surface area contributed by atoms with Crippen molar-refractivity contribution in [2.45, 2.75) is 0 Å². The standard InChI is InChI=1S/2C15H13NO4.Zn/c2*17-14(10-20-11-6-2-1-3-7-11)16-13-9-5-4-8-12(13)15(18)19;/h2*1-9H,10H2,(H,16,17)(H,18,19);/q;;+2/p-2. The summed E-state index contributed by atoms with van der Waals surface area (Å²) >= 11 is 0. The molecule has 0 aliphatic heterocycles. The Morgan fingerprint density at radius 3 is 1.17 bits per heavy atom. The van der Waals surface area contributed by atoms with Crippen LogP contribution >= 0.6 is 0 Å². The number of hydrogen-bond acceptors (Lipinski definition) is 8. The molecule has 0 spiro atoms. The normalized spacial score (nSPS) is 9.56. The van der Waals surface area contributed by atoms with Gasteiger partial charge in [-0.05, 0) is 36.4 Å². The molecule has 0 saturated carbocycles. The molecule has 0 fully saturated rings. The molecule has 4 aromatic rings. The fourth-order valence-electron chi connectivity index (χ4n) is 3.24. The van der Waals surface area contributed by atoms with Crippen LogP contribution in [0.5, 0.6) is 11.5 Å². The Balaban J connectivity index is 0.000000280. The zero-order valence-corrected chi connectivity index (χ0v) is 24.7. The molecule has 2 amide bonds. The Labute approximate surface area is 248 Å². The first-order chi connectivity index (χ1) is 19.3. The van der Waals surface area contributed by atoms with Crippen molar-refractivity contribution in [3.8, 4) is 11.5 Å². The SMILES string of the molecule is O=C(COc1ccccc1)Nc1ccccc1C(=O)[O-].O=C(COc1ccccc1)Nc1ccccc1C(=O)[O-].[Zn+2]. The third kappa shape index (κ3) is 10.9. The number of aromatic carboxylic acids is 2. The summed E-state index contributed by atoms with van der Waals surface area (Å²) < 4.78 is 10.5. The number of carbonyl (C=O) groups is 4. The molecule has 0 aromatic heterocycles. The smallest absolute Gasteiger partial charge is 0.545 e. The molecule has 11 heteroatoms. The molecule has 204 valence electrons. The van der Waals surface area contributed by atoms with Crippen LogP contribution in [0.25, 0.3) is 0 Å². The van der Waals surface area contributed by atoms with Crippen molar-refractivity contribution in [1.29, 1.82) is 0 Å². The van der Waals surface area contributed by atoms with E-state index in [-0.39, 0.29) is 55.2 Å². The molecule has 0 heterocycles. The molecule has 4 rings (SSSR count). The topological polar surface area (TPSA) is 157 Å². The second-order valence-corrected chi connectivity index (χ2v) is 7.97. The van der Waals surface area contributed by atoms with Crippen molar-refractivity contribution in [3.63, 3.8) is 0 Å². The van der Waals surface area contributed by atoms with Crippen LogP contribution in [0.15, 0.2) is 109 Å². The van der Waals surface area contributed by atoms with E-state index in [1.165, 1.54) is 24.3 Å². The number of benzene rings is 4. The molecular formula is C30H24N2O8Zn. The molecule has 41 heavy (non-hydrogen) atoms. The number of rotatable bonds is 10. The Morgan fingerprint density at radius 1 is 0.512 bits per heavy atom. The van der Waals surface area contributed by atoms with Gasteiger partial charge >= 0.3 is 19.5 Å². The molecule has 4 aromatic carbocycles. The number of carbonyl (C=O) groups excluding carboxylic acids is 4. The summed E-state index contributed by atoms with van der Waals surface area (Å²) in [7, 11) is 0. The van der Waals surface area contributed by atoms with E-state index >= 15 is 0 Å². The van der Waals surface area contributed by atoms with Crippen molar-refractivity contribution in [1.82, 2.24) is 0 Å². The number of amides is 2. The third-order valence-electron chi connectivity index (χ3n) is 5.07. The third-order valence-corrected chi connectivity index (χ3v) is 5.07. The van der Waals surface area contributed by atoms with Gasteiger partial charge in [0.25, 0.3) is 11.8 Å². The van der Waals surface area contributed by atoms with Gasteiger partial charge in [0.15, 0.2) is 13.2 Å². The Hall–Kier alpha value is -5.02. The minimum Gasteiger partial charge on any atom is -0.545 e. The monoisotopic (exact) mass is 604 g/mol. The predicted octanol–water partition coefficient (Wildman–Crippen LogP) is 2.13. The minimum absolute atomic E-state index is 0.